The molecule has 1 heterocycles. The zero-order chi connectivity index (χ0) is 9.14. The number of anilines is 1. The second-order valence-corrected chi connectivity index (χ2v) is 3.29. The van der Waals surface area contributed by atoms with Gasteiger partial charge in [0.25, 0.3) is 0 Å². The maximum absolute atomic E-state index is 10.4. The van der Waals surface area contributed by atoms with Crippen LogP contribution in [-0.2, 0) is 0 Å². The number of amides is 1. The zero-order valence-corrected chi connectivity index (χ0v) is 8.39. The molecule has 0 radical (unpaired) electrons. The summed E-state index contributed by atoms with van der Waals surface area (Å²) >= 11 is 2.05. The molecule has 0 fully saturated rings. The first kappa shape index (κ1) is 9.17. The van der Waals surface area contributed by atoms with E-state index in [-0.39, 0.29) is 5.95 Å². The highest BCUT2D eigenvalue weighted by Crippen LogP contribution is 2.06. The number of carbonyl (C=O) groups is 1. The maximum atomic E-state index is 10.4. The van der Waals surface area contributed by atoms with Gasteiger partial charge in [0.15, 0.2) is 0 Å². The Labute approximate surface area is 82.6 Å². The quantitative estimate of drug-likeness (QED) is 0.784. The predicted octanol–water partition coefficient (Wildman–Crippen LogP) is 1.20. The number of rotatable bonds is 1. The van der Waals surface area contributed by atoms with E-state index in [1.807, 2.05) is 22.6 Å². The molecule has 64 valence electrons. The summed E-state index contributed by atoms with van der Waals surface area (Å²) in [5.41, 5.74) is 0. The standard InChI is InChI=1S/C6H6IN3O2/c1-10(6(11)12)5-8-2-4(7)3-9-5/h2-3H,1H3,(H,11,12). The Morgan fingerprint density at radius 3 is 2.50 bits per heavy atom. The molecular weight excluding hydrogens is 273 g/mol. The SMILES string of the molecule is CN(C(=O)O)c1ncc(I)cn1. The van der Waals surface area contributed by atoms with E-state index in [0.29, 0.717) is 0 Å². The minimum atomic E-state index is -1.07. The molecule has 0 spiro atoms. The normalized spacial score (nSPS) is 9.50. The molecule has 1 aromatic rings. The molecule has 0 bridgehead atoms. The fraction of sp³-hybridized carbons (Fsp3) is 0.167. The second-order valence-electron chi connectivity index (χ2n) is 2.04. The molecule has 0 aliphatic carbocycles. The van der Waals surface area contributed by atoms with Crippen molar-refractivity contribution < 1.29 is 9.90 Å². The lowest BCUT2D eigenvalue weighted by molar-refractivity contribution is 0.203. The van der Waals surface area contributed by atoms with E-state index >= 15 is 0 Å². The summed E-state index contributed by atoms with van der Waals surface area (Å²) in [6.45, 7) is 0. The predicted molar refractivity (Wildman–Crippen MR) is 51.2 cm³/mol. The third kappa shape index (κ3) is 2.03. The van der Waals surface area contributed by atoms with Crippen LogP contribution in [0.25, 0.3) is 0 Å². The van der Waals surface area contributed by atoms with E-state index in [9.17, 15) is 4.79 Å². The van der Waals surface area contributed by atoms with Gasteiger partial charge < -0.3 is 5.11 Å². The van der Waals surface area contributed by atoms with Gasteiger partial charge in [0.05, 0.1) is 0 Å². The van der Waals surface area contributed by atoms with Crippen molar-refractivity contribution in [1.82, 2.24) is 9.97 Å². The molecule has 0 saturated carbocycles. The second kappa shape index (κ2) is 3.65. The molecular formula is C6H6IN3O2. The first-order valence-corrected chi connectivity index (χ1v) is 4.13. The van der Waals surface area contributed by atoms with Crippen LogP contribution in [0.3, 0.4) is 0 Å². The fourth-order valence-electron chi connectivity index (χ4n) is 0.564. The van der Waals surface area contributed by atoms with Gasteiger partial charge in [-0.2, -0.15) is 0 Å². The molecule has 1 N–H and O–H groups in total. The van der Waals surface area contributed by atoms with Gasteiger partial charge >= 0.3 is 6.09 Å². The van der Waals surface area contributed by atoms with Gasteiger partial charge in [0.1, 0.15) is 0 Å². The van der Waals surface area contributed by atoms with Gasteiger partial charge in [-0.1, -0.05) is 0 Å². The average Bonchev–Trinajstić information content (AvgIpc) is 2.04. The van der Waals surface area contributed by atoms with Crippen LogP contribution in [0.2, 0.25) is 0 Å². The van der Waals surface area contributed by atoms with Crippen molar-refractivity contribution in [2.45, 2.75) is 0 Å². The van der Waals surface area contributed by atoms with E-state index in [1.54, 1.807) is 12.4 Å². The van der Waals surface area contributed by atoms with Crippen LogP contribution in [0.4, 0.5) is 10.7 Å². The molecule has 6 heteroatoms. The Morgan fingerprint density at radius 1 is 1.58 bits per heavy atom. The zero-order valence-electron chi connectivity index (χ0n) is 6.23. The summed E-state index contributed by atoms with van der Waals surface area (Å²) in [4.78, 5) is 19.0. The molecule has 0 unspecified atom stereocenters. The van der Waals surface area contributed by atoms with E-state index in [0.717, 1.165) is 8.47 Å². The molecule has 5 nitrogen and oxygen atoms in total. The summed E-state index contributed by atoms with van der Waals surface area (Å²) in [5.74, 6) is 0.183. The molecule has 0 saturated heterocycles. The number of aromatic nitrogens is 2. The van der Waals surface area contributed by atoms with E-state index in [1.165, 1.54) is 7.05 Å². The average molecular weight is 279 g/mol. The summed E-state index contributed by atoms with van der Waals surface area (Å²) < 4.78 is 0.870. The van der Waals surface area contributed by atoms with Gasteiger partial charge in [-0.15, -0.1) is 0 Å². The molecule has 0 atom stereocenters. The lowest BCUT2D eigenvalue weighted by Crippen LogP contribution is -2.25. The summed E-state index contributed by atoms with van der Waals surface area (Å²) in [7, 11) is 1.39. The molecule has 0 aromatic carbocycles. The molecule has 1 rings (SSSR count). The first-order valence-electron chi connectivity index (χ1n) is 3.05. The molecule has 0 aliphatic rings. The minimum Gasteiger partial charge on any atom is -0.465 e. The fourth-order valence-corrected chi connectivity index (χ4v) is 0.843. The maximum Gasteiger partial charge on any atom is 0.413 e. The highest BCUT2D eigenvalue weighted by Gasteiger charge is 2.09. The van der Waals surface area contributed by atoms with Gasteiger partial charge in [-0.05, 0) is 22.6 Å². The topological polar surface area (TPSA) is 66.3 Å². The highest BCUT2D eigenvalue weighted by molar-refractivity contribution is 14.1. The summed E-state index contributed by atoms with van der Waals surface area (Å²) in [6, 6.07) is 0. The Bertz CT molecular complexity index is 287. The third-order valence-corrected chi connectivity index (χ3v) is 1.75. The Hall–Kier alpha value is -0.920. The molecule has 0 aliphatic heterocycles. The Kier molecular flexibility index (Phi) is 2.79. The third-order valence-electron chi connectivity index (χ3n) is 1.19. The van der Waals surface area contributed by atoms with Crippen LogP contribution in [0, 0.1) is 3.57 Å². The monoisotopic (exact) mass is 279 g/mol. The van der Waals surface area contributed by atoms with Gasteiger partial charge in [0, 0.05) is 23.0 Å². The number of halogens is 1. The van der Waals surface area contributed by atoms with Crippen LogP contribution in [-0.4, -0.2) is 28.2 Å². The number of carboxylic acid groups (broad SMARTS) is 1. The van der Waals surface area contributed by atoms with Crippen molar-refractivity contribution >= 4 is 34.6 Å². The number of hydrogen-bond donors (Lipinski definition) is 1. The number of nitrogens with zero attached hydrogens (tertiary/aromatic N) is 3. The Balaban J connectivity index is 2.89. The molecule has 1 aromatic heterocycles. The molecule has 12 heavy (non-hydrogen) atoms. The number of hydrogen-bond acceptors (Lipinski definition) is 3. The largest absolute Gasteiger partial charge is 0.465 e. The van der Waals surface area contributed by atoms with Crippen molar-refractivity contribution in [3.8, 4) is 0 Å². The lowest BCUT2D eigenvalue weighted by Gasteiger charge is -2.09. The van der Waals surface area contributed by atoms with Crippen molar-refractivity contribution in [1.29, 1.82) is 0 Å². The molecule has 1 amide bonds. The highest BCUT2D eigenvalue weighted by atomic mass is 127. The smallest absolute Gasteiger partial charge is 0.413 e. The Morgan fingerprint density at radius 2 is 2.08 bits per heavy atom. The summed E-state index contributed by atoms with van der Waals surface area (Å²) in [6.07, 6.45) is 2.04. The first-order chi connectivity index (χ1) is 5.61. The van der Waals surface area contributed by atoms with Crippen molar-refractivity contribution in [3.05, 3.63) is 16.0 Å². The van der Waals surface area contributed by atoms with Gasteiger partial charge in [-0.25, -0.2) is 19.7 Å². The minimum absolute atomic E-state index is 0.183. The van der Waals surface area contributed by atoms with E-state index in [2.05, 4.69) is 9.97 Å². The van der Waals surface area contributed by atoms with Crippen LogP contribution < -0.4 is 4.90 Å². The van der Waals surface area contributed by atoms with E-state index < -0.39 is 6.09 Å². The van der Waals surface area contributed by atoms with Gasteiger partial charge in [-0.3, -0.25) is 0 Å². The summed E-state index contributed by atoms with van der Waals surface area (Å²) in [5, 5.41) is 8.55. The van der Waals surface area contributed by atoms with Crippen molar-refractivity contribution in [2.24, 2.45) is 0 Å². The van der Waals surface area contributed by atoms with Crippen LogP contribution in [0.1, 0.15) is 0 Å². The van der Waals surface area contributed by atoms with E-state index in [4.69, 9.17) is 5.11 Å². The van der Waals surface area contributed by atoms with Crippen molar-refractivity contribution in [3.63, 3.8) is 0 Å². The van der Waals surface area contributed by atoms with Gasteiger partial charge in [0.2, 0.25) is 5.95 Å². The van der Waals surface area contributed by atoms with Crippen LogP contribution >= 0.6 is 22.6 Å². The lowest BCUT2D eigenvalue weighted by atomic mass is 10.6. The van der Waals surface area contributed by atoms with Crippen LogP contribution in [0.5, 0.6) is 0 Å². The van der Waals surface area contributed by atoms with Crippen molar-refractivity contribution in [2.75, 3.05) is 11.9 Å². The van der Waals surface area contributed by atoms with Crippen LogP contribution in [0.15, 0.2) is 12.4 Å².